The lowest BCUT2D eigenvalue weighted by atomic mass is 9.98. The summed E-state index contributed by atoms with van der Waals surface area (Å²) in [6, 6.07) is 16.9. The normalized spacial score (nSPS) is 18.5. The standard InChI is InChI=1S/C25H24N4O6/c1-29(21-13-34-11-19(21)24(31)32)23(30)20-10-22(28-27-20)26-25(33)35-12-18-16-8-4-2-6-14(16)15-7-3-5-9-17(15)18/h2-10,18-19,21H,11-13H2,1H3,(H,31,32)(H2,26,27,28,33). The highest BCUT2D eigenvalue weighted by molar-refractivity contribution is 5.94. The van der Waals surface area contributed by atoms with Crippen LogP contribution in [-0.4, -0.2) is 71.1 Å². The number of carbonyl (C=O) groups excluding carboxylic acids is 2. The number of hydrogen-bond donors (Lipinski definition) is 3. The minimum absolute atomic E-state index is 0.0508. The predicted molar refractivity (Wildman–Crippen MR) is 125 cm³/mol. The number of aromatic nitrogens is 2. The monoisotopic (exact) mass is 476 g/mol. The molecule has 1 fully saturated rings. The second kappa shape index (κ2) is 9.22. The van der Waals surface area contributed by atoms with E-state index in [9.17, 15) is 19.5 Å². The summed E-state index contributed by atoms with van der Waals surface area (Å²) in [5.41, 5.74) is 4.59. The Hall–Kier alpha value is -4.18. The number of carbonyl (C=O) groups is 3. The maximum Gasteiger partial charge on any atom is 0.412 e. The largest absolute Gasteiger partial charge is 0.481 e. The molecule has 2 unspecified atom stereocenters. The van der Waals surface area contributed by atoms with Crippen molar-refractivity contribution in [2.24, 2.45) is 5.92 Å². The Bertz CT molecular complexity index is 1240. The van der Waals surface area contributed by atoms with E-state index >= 15 is 0 Å². The van der Waals surface area contributed by atoms with E-state index in [2.05, 4.69) is 27.6 Å². The van der Waals surface area contributed by atoms with Gasteiger partial charge in [0.15, 0.2) is 5.82 Å². The van der Waals surface area contributed by atoms with E-state index in [1.165, 1.54) is 18.0 Å². The highest BCUT2D eigenvalue weighted by Crippen LogP contribution is 2.44. The average Bonchev–Trinajstić information content (AvgIpc) is 3.60. The number of ether oxygens (including phenoxy) is 2. The van der Waals surface area contributed by atoms with Gasteiger partial charge < -0.3 is 19.5 Å². The first-order valence-electron chi connectivity index (χ1n) is 11.2. The second-order valence-corrected chi connectivity index (χ2v) is 8.58. The van der Waals surface area contributed by atoms with E-state index in [-0.39, 0.29) is 37.3 Å². The number of likely N-dealkylation sites (N-methyl/N-ethyl adjacent to an activating group) is 1. The van der Waals surface area contributed by atoms with Crippen molar-refractivity contribution in [2.75, 3.05) is 32.2 Å². The molecular weight excluding hydrogens is 452 g/mol. The minimum atomic E-state index is -1.02. The van der Waals surface area contributed by atoms with Crippen LogP contribution in [-0.2, 0) is 14.3 Å². The number of anilines is 1. The fraction of sp³-hybridized carbons (Fsp3) is 0.280. The van der Waals surface area contributed by atoms with E-state index < -0.39 is 29.9 Å². The van der Waals surface area contributed by atoms with E-state index in [0.29, 0.717) is 0 Å². The molecule has 0 radical (unpaired) electrons. The SMILES string of the molecule is CN(C(=O)c1cc(NC(=O)OCC2c3ccccc3-c3ccccc32)n[nH]1)C1COCC1C(=O)O. The summed E-state index contributed by atoms with van der Waals surface area (Å²) in [5, 5.41) is 18.4. The van der Waals surface area contributed by atoms with Crippen molar-refractivity contribution >= 4 is 23.8 Å². The Morgan fingerprint density at radius 1 is 1.11 bits per heavy atom. The number of H-pyrrole nitrogens is 1. The van der Waals surface area contributed by atoms with Gasteiger partial charge in [0.05, 0.1) is 19.3 Å². The molecule has 10 nitrogen and oxygen atoms in total. The van der Waals surface area contributed by atoms with Crippen molar-refractivity contribution in [2.45, 2.75) is 12.0 Å². The zero-order valence-corrected chi connectivity index (χ0v) is 18.9. The molecule has 5 rings (SSSR count). The van der Waals surface area contributed by atoms with Crippen LogP contribution in [0.3, 0.4) is 0 Å². The van der Waals surface area contributed by atoms with Crippen LogP contribution in [0.4, 0.5) is 10.6 Å². The summed E-state index contributed by atoms with van der Waals surface area (Å²) < 4.78 is 10.7. The van der Waals surface area contributed by atoms with E-state index in [4.69, 9.17) is 9.47 Å². The molecule has 0 bridgehead atoms. The highest BCUT2D eigenvalue weighted by Gasteiger charge is 2.39. The summed E-state index contributed by atoms with van der Waals surface area (Å²) in [4.78, 5) is 38.0. The van der Waals surface area contributed by atoms with Gasteiger partial charge in [0, 0.05) is 19.0 Å². The van der Waals surface area contributed by atoms with Gasteiger partial charge >= 0.3 is 12.1 Å². The van der Waals surface area contributed by atoms with Crippen molar-refractivity contribution in [3.63, 3.8) is 0 Å². The summed E-state index contributed by atoms with van der Waals surface area (Å²) in [6.45, 7) is 0.338. The fourth-order valence-corrected chi connectivity index (χ4v) is 4.74. The molecule has 1 aliphatic carbocycles. The number of carboxylic acid groups (broad SMARTS) is 1. The quantitative estimate of drug-likeness (QED) is 0.498. The first-order chi connectivity index (χ1) is 16.9. The van der Waals surface area contributed by atoms with Crippen molar-refractivity contribution in [3.8, 4) is 11.1 Å². The van der Waals surface area contributed by atoms with E-state index in [0.717, 1.165) is 22.3 Å². The molecule has 1 aliphatic heterocycles. The summed E-state index contributed by atoms with van der Waals surface area (Å²) >= 11 is 0. The van der Waals surface area contributed by atoms with Crippen LogP contribution in [0.15, 0.2) is 54.6 Å². The second-order valence-electron chi connectivity index (χ2n) is 8.58. The molecule has 2 aliphatic rings. The van der Waals surface area contributed by atoms with Gasteiger partial charge in [-0.2, -0.15) is 5.10 Å². The molecule has 0 saturated carbocycles. The molecule has 2 amide bonds. The smallest absolute Gasteiger partial charge is 0.412 e. The molecule has 2 aromatic carbocycles. The Morgan fingerprint density at radius 3 is 2.43 bits per heavy atom. The third kappa shape index (κ3) is 4.24. The van der Waals surface area contributed by atoms with Crippen molar-refractivity contribution in [3.05, 3.63) is 71.4 Å². The first-order valence-corrected chi connectivity index (χ1v) is 11.2. The number of aliphatic carboxylic acids is 1. The van der Waals surface area contributed by atoms with Crippen molar-refractivity contribution in [1.29, 1.82) is 0 Å². The topological polar surface area (TPSA) is 134 Å². The number of rotatable bonds is 6. The molecular formula is C25H24N4O6. The van der Waals surface area contributed by atoms with Gasteiger partial charge in [-0.05, 0) is 22.3 Å². The lowest BCUT2D eigenvalue weighted by molar-refractivity contribution is -0.142. The van der Waals surface area contributed by atoms with Gasteiger partial charge in [-0.15, -0.1) is 0 Å². The third-order valence-electron chi connectivity index (χ3n) is 6.57. The van der Waals surface area contributed by atoms with Crippen LogP contribution in [0.1, 0.15) is 27.5 Å². The van der Waals surface area contributed by atoms with Crippen LogP contribution < -0.4 is 5.32 Å². The van der Waals surface area contributed by atoms with Gasteiger partial charge in [-0.25, -0.2) is 4.79 Å². The summed E-state index contributed by atoms with van der Waals surface area (Å²) in [7, 11) is 1.51. The first kappa shape index (κ1) is 22.6. The van der Waals surface area contributed by atoms with Crippen molar-refractivity contribution in [1.82, 2.24) is 15.1 Å². The highest BCUT2D eigenvalue weighted by atomic mass is 16.5. The molecule has 1 saturated heterocycles. The zero-order chi connectivity index (χ0) is 24.5. The van der Waals surface area contributed by atoms with Crippen molar-refractivity contribution < 1.29 is 29.0 Å². The Morgan fingerprint density at radius 2 is 1.77 bits per heavy atom. The number of amides is 2. The predicted octanol–water partition coefficient (Wildman–Crippen LogP) is 2.94. The zero-order valence-electron chi connectivity index (χ0n) is 18.9. The van der Waals surface area contributed by atoms with Gasteiger partial charge in [0.25, 0.3) is 5.91 Å². The van der Waals surface area contributed by atoms with Gasteiger partial charge in [0.1, 0.15) is 18.2 Å². The minimum Gasteiger partial charge on any atom is -0.481 e. The number of aromatic amines is 1. The Balaban J connectivity index is 1.21. The number of fused-ring (bicyclic) bond motifs is 3. The molecule has 10 heteroatoms. The Labute approximate surface area is 200 Å². The van der Waals surface area contributed by atoms with Crippen LogP contribution in [0.2, 0.25) is 0 Å². The van der Waals surface area contributed by atoms with E-state index in [1.807, 2.05) is 36.4 Å². The number of nitrogens with one attached hydrogen (secondary N) is 2. The molecule has 2 heterocycles. The molecule has 2 atom stereocenters. The van der Waals surface area contributed by atoms with Crippen LogP contribution in [0.25, 0.3) is 11.1 Å². The number of carboxylic acids is 1. The summed E-state index contributed by atoms with van der Waals surface area (Å²) in [5.74, 6) is -2.23. The molecule has 3 N–H and O–H groups in total. The lowest BCUT2D eigenvalue weighted by Crippen LogP contribution is -2.44. The number of hydrogen-bond acceptors (Lipinski definition) is 6. The fourth-order valence-electron chi connectivity index (χ4n) is 4.74. The summed E-state index contributed by atoms with van der Waals surface area (Å²) in [6.07, 6.45) is -0.694. The van der Waals surface area contributed by atoms with Crippen LogP contribution in [0.5, 0.6) is 0 Å². The maximum absolute atomic E-state index is 12.8. The molecule has 35 heavy (non-hydrogen) atoms. The van der Waals surface area contributed by atoms with E-state index in [1.54, 1.807) is 0 Å². The molecule has 1 aromatic heterocycles. The number of nitrogens with zero attached hydrogens (tertiary/aromatic N) is 2. The van der Waals surface area contributed by atoms with Gasteiger partial charge in [-0.3, -0.25) is 20.0 Å². The molecule has 180 valence electrons. The van der Waals surface area contributed by atoms with Gasteiger partial charge in [-0.1, -0.05) is 48.5 Å². The average molecular weight is 476 g/mol. The Kier molecular flexibility index (Phi) is 5.96. The van der Waals surface area contributed by atoms with Crippen LogP contribution >= 0.6 is 0 Å². The maximum atomic E-state index is 12.8. The molecule has 0 spiro atoms. The van der Waals surface area contributed by atoms with Crippen LogP contribution in [0, 0.1) is 5.92 Å². The van der Waals surface area contributed by atoms with Gasteiger partial charge in [0.2, 0.25) is 0 Å². The third-order valence-corrected chi connectivity index (χ3v) is 6.57. The molecule has 3 aromatic rings. The number of benzene rings is 2. The lowest BCUT2D eigenvalue weighted by Gasteiger charge is -2.25.